The molecule has 0 saturated carbocycles. The number of fused-ring (bicyclic) bond motifs is 1. The highest BCUT2D eigenvalue weighted by Crippen LogP contribution is 2.31. The highest BCUT2D eigenvalue weighted by Gasteiger charge is 2.19. The second kappa shape index (κ2) is 9.21. The Kier molecular flexibility index (Phi) is 6.20. The molecule has 4 rings (SSSR count). The number of rotatable bonds is 5. The van der Waals surface area contributed by atoms with Crippen LogP contribution in [0.15, 0.2) is 82.4 Å². The topological polar surface area (TPSA) is 70.2 Å². The highest BCUT2D eigenvalue weighted by atomic mass is 79.9. The Morgan fingerprint density at radius 2 is 1.75 bits per heavy atom. The maximum Gasteiger partial charge on any atom is 0.261 e. The third kappa shape index (κ3) is 4.08. The average Bonchev–Trinajstić information content (AvgIpc) is 3.08. The van der Waals surface area contributed by atoms with Crippen LogP contribution < -0.4 is 5.43 Å². The quantitative estimate of drug-likeness (QED) is 0.288. The molecule has 0 radical (unpaired) electrons. The lowest BCUT2D eigenvalue weighted by atomic mass is 10.0. The van der Waals surface area contributed by atoms with Gasteiger partial charge in [0.15, 0.2) is 5.92 Å². The Hall–Kier alpha value is -3.69. The molecular weight excluding hydrogens is 464 g/mol. The maximum absolute atomic E-state index is 12.5. The van der Waals surface area contributed by atoms with Gasteiger partial charge in [0.25, 0.3) is 5.91 Å². The number of amides is 1. The summed E-state index contributed by atoms with van der Waals surface area (Å²) < 4.78 is 3.23. The Balaban J connectivity index is 1.61. The van der Waals surface area contributed by atoms with Gasteiger partial charge in [0, 0.05) is 26.8 Å². The van der Waals surface area contributed by atoms with Crippen molar-refractivity contribution in [1.82, 2.24) is 9.99 Å². The SMILES string of the molecule is Cc1cc(/C=N\NC(=O)[C@H](C#N)c2ccccc2)c(C)n1-c1ccc(Br)c2ccccc12. The van der Waals surface area contributed by atoms with Gasteiger partial charge in [0.05, 0.1) is 18.0 Å². The molecule has 1 heterocycles. The number of carbonyl (C=O) groups excluding carboxylic acids is 1. The van der Waals surface area contributed by atoms with Crippen LogP contribution in [-0.2, 0) is 4.79 Å². The molecule has 0 saturated heterocycles. The predicted molar refractivity (Wildman–Crippen MR) is 131 cm³/mol. The molecule has 1 aromatic heterocycles. The zero-order chi connectivity index (χ0) is 22.7. The number of carbonyl (C=O) groups is 1. The first-order valence-corrected chi connectivity index (χ1v) is 10.9. The lowest BCUT2D eigenvalue weighted by Gasteiger charge is -2.14. The lowest BCUT2D eigenvalue weighted by molar-refractivity contribution is -0.121. The van der Waals surface area contributed by atoms with Gasteiger partial charge < -0.3 is 4.57 Å². The molecule has 3 aromatic carbocycles. The van der Waals surface area contributed by atoms with Crippen LogP contribution in [0.2, 0.25) is 0 Å². The summed E-state index contributed by atoms with van der Waals surface area (Å²) in [6.07, 6.45) is 1.62. The molecule has 1 amide bonds. The second-order valence-electron chi connectivity index (χ2n) is 7.48. The van der Waals surface area contributed by atoms with Crippen molar-refractivity contribution in [3.05, 3.63) is 99.8 Å². The van der Waals surface area contributed by atoms with Crippen molar-refractivity contribution in [1.29, 1.82) is 5.26 Å². The fraction of sp³-hybridized carbons (Fsp3) is 0.115. The summed E-state index contributed by atoms with van der Waals surface area (Å²) in [5, 5.41) is 15.8. The first kappa shape index (κ1) is 21.5. The van der Waals surface area contributed by atoms with Gasteiger partial charge >= 0.3 is 0 Å². The van der Waals surface area contributed by atoms with Crippen molar-refractivity contribution in [2.45, 2.75) is 19.8 Å². The van der Waals surface area contributed by atoms with Gasteiger partial charge in [0.1, 0.15) is 0 Å². The van der Waals surface area contributed by atoms with Crippen LogP contribution in [0.3, 0.4) is 0 Å². The number of benzene rings is 3. The van der Waals surface area contributed by atoms with Crippen LogP contribution in [0.1, 0.15) is 28.4 Å². The van der Waals surface area contributed by atoms with Gasteiger partial charge in [-0.05, 0) is 43.0 Å². The number of nitrogens with zero attached hydrogens (tertiary/aromatic N) is 3. The van der Waals surface area contributed by atoms with Gasteiger partial charge in [-0.3, -0.25) is 4.79 Å². The second-order valence-corrected chi connectivity index (χ2v) is 8.34. The molecule has 0 unspecified atom stereocenters. The Morgan fingerprint density at radius 3 is 2.47 bits per heavy atom. The normalized spacial score (nSPS) is 12.1. The average molecular weight is 485 g/mol. The van der Waals surface area contributed by atoms with Crippen molar-refractivity contribution >= 4 is 38.8 Å². The standard InChI is InChI=1S/C26H21BrN4O/c1-17-14-20(16-29-30-26(32)23(15-28)19-8-4-3-5-9-19)18(2)31(17)25-13-12-24(27)21-10-6-7-11-22(21)25/h3-14,16,23H,1-2H3,(H,30,32)/b29-16-/t23-/m1/s1. The van der Waals surface area contributed by atoms with E-state index in [1.54, 1.807) is 30.5 Å². The summed E-state index contributed by atoms with van der Waals surface area (Å²) in [4.78, 5) is 12.5. The molecular formula is C26H21BrN4O. The highest BCUT2D eigenvalue weighted by molar-refractivity contribution is 9.10. The summed E-state index contributed by atoms with van der Waals surface area (Å²) in [7, 11) is 0. The third-order valence-electron chi connectivity index (χ3n) is 5.46. The minimum Gasteiger partial charge on any atom is -0.317 e. The van der Waals surface area contributed by atoms with Crippen molar-refractivity contribution in [2.24, 2.45) is 5.10 Å². The van der Waals surface area contributed by atoms with Crippen LogP contribution in [0.25, 0.3) is 16.5 Å². The molecule has 5 nitrogen and oxygen atoms in total. The molecule has 6 heteroatoms. The Labute approximate surface area is 195 Å². The monoisotopic (exact) mass is 484 g/mol. The van der Waals surface area contributed by atoms with E-state index in [4.69, 9.17) is 0 Å². The zero-order valence-electron chi connectivity index (χ0n) is 17.7. The number of hydrogen-bond acceptors (Lipinski definition) is 3. The number of nitrogens with one attached hydrogen (secondary N) is 1. The van der Waals surface area contributed by atoms with E-state index in [-0.39, 0.29) is 0 Å². The van der Waals surface area contributed by atoms with E-state index >= 15 is 0 Å². The van der Waals surface area contributed by atoms with Crippen LogP contribution in [0.5, 0.6) is 0 Å². The number of hydrazone groups is 1. The summed E-state index contributed by atoms with van der Waals surface area (Å²) >= 11 is 3.63. The Morgan fingerprint density at radius 1 is 1.06 bits per heavy atom. The van der Waals surface area contributed by atoms with Crippen LogP contribution in [0.4, 0.5) is 0 Å². The minimum absolute atomic E-state index is 0.456. The van der Waals surface area contributed by atoms with Crippen molar-refractivity contribution in [3.8, 4) is 11.8 Å². The largest absolute Gasteiger partial charge is 0.317 e. The fourth-order valence-corrected chi connectivity index (χ4v) is 4.37. The molecule has 0 fully saturated rings. The molecule has 1 atom stereocenters. The molecule has 0 aliphatic carbocycles. The maximum atomic E-state index is 12.5. The van der Waals surface area contributed by atoms with Gasteiger partial charge in [0.2, 0.25) is 0 Å². The number of aromatic nitrogens is 1. The number of halogens is 1. The van der Waals surface area contributed by atoms with Crippen molar-refractivity contribution < 1.29 is 4.79 Å². The van der Waals surface area contributed by atoms with Crippen molar-refractivity contribution in [3.63, 3.8) is 0 Å². The van der Waals surface area contributed by atoms with E-state index in [9.17, 15) is 10.1 Å². The first-order valence-electron chi connectivity index (χ1n) is 10.2. The number of nitriles is 1. The predicted octanol–water partition coefficient (Wildman–Crippen LogP) is 5.77. The smallest absolute Gasteiger partial charge is 0.261 e. The molecule has 158 valence electrons. The molecule has 0 aliphatic rings. The van der Waals surface area contributed by atoms with Crippen LogP contribution in [0, 0.1) is 25.2 Å². The number of aryl methyl sites for hydroxylation is 1. The number of hydrogen-bond donors (Lipinski definition) is 1. The van der Waals surface area contributed by atoms with Crippen LogP contribution in [-0.4, -0.2) is 16.7 Å². The van der Waals surface area contributed by atoms with Gasteiger partial charge in [-0.2, -0.15) is 10.4 Å². The third-order valence-corrected chi connectivity index (χ3v) is 6.15. The zero-order valence-corrected chi connectivity index (χ0v) is 19.3. The molecule has 0 aliphatic heterocycles. The van der Waals surface area contributed by atoms with E-state index in [2.05, 4.69) is 55.3 Å². The molecule has 4 aromatic rings. The summed E-state index contributed by atoms with van der Waals surface area (Å²) in [5.74, 6) is -1.36. The van der Waals surface area contributed by atoms with E-state index in [0.717, 1.165) is 37.9 Å². The van der Waals surface area contributed by atoms with Crippen molar-refractivity contribution in [2.75, 3.05) is 0 Å². The van der Waals surface area contributed by atoms with Crippen LogP contribution >= 0.6 is 15.9 Å². The summed E-state index contributed by atoms with van der Waals surface area (Å²) in [5.41, 5.74) is 7.18. The molecule has 32 heavy (non-hydrogen) atoms. The van der Waals surface area contributed by atoms with Gasteiger partial charge in [-0.1, -0.05) is 70.5 Å². The van der Waals surface area contributed by atoms with E-state index in [1.807, 2.05) is 44.2 Å². The molecule has 0 spiro atoms. The van der Waals surface area contributed by atoms with E-state index in [1.165, 1.54) is 0 Å². The summed E-state index contributed by atoms with van der Waals surface area (Å²) in [6, 6.07) is 25.4. The van der Waals surface area contributed by atoms with E-state index < -0.39 is 11.8 Å². The van der Waals surface area contributed by atoms with E-state index in [0.29, 0.717) is 5.56 Å². The fourth-order valence-electron chi connectivity index (χ4n) is 3.89. The molecule has 1 N–H and O–H groups in total. The van der Waals surface area contributed by atoms with Gasteiger partial charge in [-0.25, -0.2) is 5.43 Å². The minimum atomic E-state index is -0.907. The molecule has 0 bridgehead atoms. The lowest BCUT2D eigenvalue weighted by Crippen LogP contribution is -2.24. The summed E-state index contributed by atoms with van der Waals surface area (Å²) in [6.45, 7) is 4.07. The van der Waals surface area contributed by atoms with Gasteiger partial charge in [-0.15, -0.1) is 0 Å². The first-order chi connectivity index (χ1) is 15.5. The Bertz CT molecular complexity index is 1370.